The van der Waals surface area contributed by atoms with E-state index >= 15 is 0 Å². The van der Waals surface area contributed by atoms with Crippen LogP contribution < -0.4 is 10.1 Å². The first kappa shape index (κ1) is 19.0. The van der Waals surface area contributed by atoms with E-state index < -0.39 is 11.9 Å². The Balaban J connectivity index is 2.12. The van der Waals surface area contributed by atoms with Crippen LogP contribution in [0.2, 0.25) is 0 Å². The van der Waals surface area contributed by atoms with Crippen LogP contribution in [-0.4, -0.2) is 12.0 Å². The molecule has 0 radical (unpaired) electrons. The first-order valence-electron chi connectivity index (χ1n) is 8.75. The van der Waals surface area contributed by atoms with E-state index in [9.17, 15) is 9.18 Å². The molecule has 0 heterocycles. The molecule has 4 heteroatoms. The van der Waals surface area contributed by atoms with Gasteiger partial charge in [0.1, 0.15) is 0 Å². The number of carbonyl (C=O) groups excluding carboxylic acids is 1. The van der Waals surface area contributed by atoms with Gasteiger partial charge in [0.25, 0.3) is 5.91 Å². The van der Waals surface area contributed by atoms with Crippen molar-refractivity contribution in [1.82, 2.24) is 5.32 Å². The highest BCUT2D eigenvalue weighted by Gasteiger charge is 2.23. The molecule has 2 aromatic carbocycles. The third-order valence-electron chi connectivity index (χ3n) is 4.29. The van der Waals surface area contributed by atoms with Gasteiger partial charge in [-0.2, -0.15) is 0 Å². The molecule has 1 N–H and O–H groups in total. The molecule has 2 atom stereocenters. The zero-order valence-electron chi connectivity index (χ0n) is 15.3. The minimum absolute atomic E-state index is 0.0913. The van der Waals surface area contributed by atoms with Gasteiger partial charge in [-0.05, 0) is 49.9 Å². The maximum Gasteiger partial charge on any atom is 0.261 e. The molecule has 0 bridgehead atoms. The van der Waals surface area contributed by atoms with Crippen LogP contribution in [0.5, 0.6) is 5.75 Å². The number of hydrogen-bond donors (Lipinski definition) is 1. The number of amides is 1. The normalized spacial score (nSPS) is 13.2. The summed E-state index contributed by atoms with van der Waals surface area (Å²) in [6.07, 6.45) is 0.506. The van der Waals surface area contributed by atoms with Crippen molar-refractivity contribution in [3.63, 3.8) is 0 Å². The number of rotatable bonds is 7. The number of hydrogen-bond acceptors (Lipinski definition) is 2. The molecule has 0 spiro atoms. The van der Waals surface area contributed by atoms with Gasteiger partial charge >= 0.3 is 0 Å². The highest BCUT2D eigenvalue weighted by Crippen LogP contribution is 2.23. The Morgan fingerprint density at radius 1 is 1.12 bits per heavy atom. The molecule has 2 rings (SSSR count). The number of para-hydroxylation sites is 1. The summed E-state index contributed by atoms with van der Waals surface area (Å²) in [6.45, 7) is 7.97. The maximum atomic E-state index is 13.8. The third-order valence-corrected chi connectivity index (χ3v) is 4.29. The highest BCUT2D eigenvalue weighted by atomic mass is 19.1. The summed E-state index contributed by atoms with van der Waals surface area (Å²) in [5, 5.41) is 3.05. The summed E-state index contributed by atoms with van der Waals surface area (Å²) in [4.78, 5) is 12.7. The van der Waals surface area contributed by atoms with Crippen LogP contribution in [0, 0.1) is 19.7 Å². The van der Waals surface area contributed by atoms with Crippen molar-refractivity contribution in [2.75, 3.05) is 0 Å². The van der Waals surface area contributed by atoms with Crippen molar-refractivity contribution in [2.24, 2.45) is 0 Å². The van der Waals surface area contributed by atoms with E-state index in [4.69, 9.17) is 4.74 Å². The van der Waals surface area contributed by atoms with Crippen LogP contribution >= 0.6 is 0 Å². The molecule has 1 amide bonds. The maximum absolute atomic E-state index is 13.8. The number of aryl methyl sites for hydroxylation is 2. The average Bonchev–Trinajstić information content (AvgIpc) is 2.59. The second kappa shape index (κ2) is 8.65. The zero-order valence-corrected chi connectivity index (χ0v) is 15.3. The van der Waals surface area contributed by atoms with E-state index in [2.05, 4.69) is 17.4 Å². The summed E-state index contributed by atoms with van der Waals surface area (Å²) < 4.78 is 19.4. The van der Waals surface area contributed by atoms with Crippen molar-refractivity contribution < 1.29 is 13.9 Å². The second-order valence-corrected chi connectivity index (χ2v) is 6.27. The average molecular weight is 343 g/mol. The van der Waals surface area contributed by atoms with E-state index in [0.717, 1.165) is 17.5 Å². The van der Waals surface area contributed by atoms with Crippen LogP contribution in [0.25, 0.3) is 0 Å². The van der Waals surface area contributed by atoms with Gasteiger partial charge in [-0.1, -0.05) is 49.7 Å². The topological polar surface area (TPSA) is 38.3 Å². The Hall–Kier alpha value is -2.36. The predicted molar refractivity (Wildman–Crippen MR) is 98.2 cm³/mol. The lowest BCUT2D eigenvalue weighted by Gasteiger charge is -2.24. The molecule has 2 aromatic rings. The van der Waals surface area contributed by atoms with Crippen LogP contribution in [0.15, 0.2) is 42.5 Å². The third kappa shape index (κ3) is 4.81. The summed E-state index contributed by atoms with van der Waals surface area (Å²) in [5.41, 5.74) is 3.44. The van der Waals surface area contributed by atoms with Crippen LogP contribution in [0.3, 0.4) is 0 Å². The first-order chi connectivity index (χ1) is 12.0. The van der Waals surface area contributed by atoms with Gasteiger partial charge in [0.2, 0.25) is 0 Å². The summed E-state index contributed by atoms with van der Waals surface area (Å²) in [7, 11) is 0. The summed E-state index contributed by atoms with van der Waals surface area (Å²) in [6, 6.07) is 12.3. The minimum Gasteiger partial charge on any atom is -0.478 e. The number of carbonyl (C=O) groups is 1. The Kier molecular flexibility index (Phi) is 6.57. The Labute approximate surface area is 149 Å². The van der Waals surface area contributed by atoms with Crippen molar-refractivity contribution in [3.8, 4) is 5.75 Å². The molecule has 0 aliphatic carbocycles. The molecule has 0 unspecified atom stereocenters. The fourth-order valence-electron chi connectivity index (χ4n) is 2.90. The van der Waals surface area contributed by atoms with E-state index in [-0.39, 0.29) is 17.7 Å². The van der Waals surface area contributed by atoms with E-state index in [1.54, 1.807) is 12.1 Å². The minimum atomic E-state index is -0.725. The molecule has 0 fully saturated rings. The number of halogens is 1. The van der Waals surface area contributed by atoms with Gasteiger partial charge in [0.15, 0.2) is 17.7 Å². The van der Waals surface area contributed by atoms with Crippen molar-refractivity contribution in [1.29, 1.82) is 0 Å². The quantitative estimate of drug-likeness (QED) is 0.779. The van der Waals surface area contributed by atoms with E-state index in [1.165, 1.54) is 17.7 Å². The van der Waals surface area contributed by atoms with Crippen molar-refractivity contribution in [2.45, 2.75) is 52.7 Å². The Morgan fingerprint density at radius 2 is 1.84 bits per heavy atom. The Bertz CT molecular complexity index is 730. The molecule has 0 aromatic heterocycles. The fraction of sp³-hybridized carbons (Fsp3) is 0.381. The van der Waals surface area contributed by atoms with E-state index in [1.807, 2.05) is 33.8 Å². The molecular formula is C21H26FNO2. The van der Waals surface area contributed by atoms with Crippen LogP contribution in [-0.2, 0) is 4.79 Å². The zero-order chi connectivity index (χ0) is 18.4. The predicted octanol–water partition coefficient (Wildman–Crippen LogP) is 4.87. The standard InChI is InChI=1S/C21H26FNO2/c1-5-18(16-12-11-14(3)13-15(16)4)23-21(24)19(6-2)25-20-10-8-7-9-17(20)22/h7-13,18-19H,5-6H2,1-4H3,(H,23,24)/t18-,19-/m0/s1. The van der Waals surface area contributed by atoms with Gasteiger partial charge in [-0.25, -0.2) is 4.39 Å². The molecule has 0 aliphatic heterocycles. The van der Waals surface area contributed by atoms with Gasteiger partial charge in [-0.3, -0.25) is 4.79 Å². The molecular weight excluding hydrogens is 317 g/mol. The number of ether oxygens (including phenoxy) is 1. The van der Waals surface area contributed by atoms with E-state index in [0.29, 0.717) is 6.42 Å². The molecule has 134 valence electrons. The molecule has 0 aliphatic rings. The largest absolute Gasteiger partial charge is 0.478 e. The summed E-state index contributed by atoms with van der Waals surface area (Å²) in [5.74, 6) is -0.586. The first-order valence-corrected chi connectivity index (χ1v) is 8.75. The lowest BCUT2D eigenvalue weighted by atomic mass is 9.97. The van der Waals surface area contributed by atoms with Crippen LogP contribution in [0.4, 0.5) is 4.39 Å². The monoisotopic (exact) mass is 343 g/mol. The molecule has 0 saturated carbocycles. The lowest BCUT2D eigenvalue weighted by molar-refractivity contribution is -0.129. The smallest absolute Gasteiger partial charge is 0.261 e. The molecule has 3 nitrogen and oxygen atoms in total. The molecule has 0 saturated heterocycles. The highest BCUT2D eigenvalue weighted by molar-refractivity contribution is 5.81. The van der Waals surface area contributed by atoms with Crippen LogP contribution in [0.1, 0.15) is 49.4 Å². The van der Waals surface area contributed by atoms with Gasteiger partial charge < -0.3 is 10.1 Å². The number of benzene rings is 2. The fourth-order valence-corrected chi connectivity index (χ4v) is 2.90. The Morgan fingerprint density at radius 3 is 2.44 bits per heavy atom. The number of nitrogens with one attached hydrogen (secondary N) is 1. The second-order valence-electron chi connectivity index (χ2n) is 6.27. The van der Waals surface area contributed by atoms with Crippen molar-refractivity contribution >= 4 is 5.91 Å². The van der Waals surface area contributed by atoms with Crippen molar-refractivity contribution in [3.05, 3.63) is 65.0 Å². The van der Waals surface area contributed by atoms with Gasteiger partial charge in [0, 0.05) is 0 Å². The SMILES string of the molecule is CC[C@H](Oc1ccccc1F)C(=O)N[C@@H](CC)c1ccc(C)cc1C. The molecule has 25 heavy (non-hydrogen) atoms. The van der Waals surface area contributed by atoms with Gasteiger partial charge in [-0.15, -0.1) is 0 Å². The lowest BCUT2D eigenvalue weighted by Crippen LogP contribution is -2.40. The van der Waals surface area contributed by atoms with Gasteiger partial charge in [0.05, 0.1) is 6.04 Å². The summed E-state index contributed by atoms with van der Waals surface area (Å²) >= 11 is 0.